The minimum Gasteiger partial charge on any atom is -0.508 e. The average molecular weight is 2000 g/mol. The molecule has 0 aliphatic carbocycles. The highest BCUT2D eigenvalue weighted by atomic mass is 33.1. The first-order valence-electron chi connectivity index (χ1n) is 46.7. The lowest BCUT2D eigenvalue weighted by atomic mass is 10.0. The second-order valence-electron chi connectivity index (χ2n) is 34.1. The smallest absolute Gasteiger partial charge is 0.245 e. The summed E-state index contributed by atoms with van der Waals surface area (Å²) in [6, 6.07) is -3.78. The molecule has 0 saturated carbocycles. The molecule has 2 aliphatic heterocycles. The van der Waals surface area contributed by atoms with Gasteiger partial charge in [-0.3, -0.25) is 94.2 Å². The van der Waals surface area contributed by atoms with E-state index in [0.29, 0.717) is 40.4 Å². The molecule has 0 radical (unpaired) electrons. The Balaban J connectivity index is 1.60. The number of hydrogen-bond acceptors (Lipinski definition) is 27. The summed E-state index contributed by atoms with van der Waals surface area (Å²) >= 11 is 0. The van der Waals surface area contributed by atoms with Gasteiger partial charge in [-0.05, 0) is 201 Å². The van der Waals surface area contributed by atoms with Crippen molar-refractivity contribution in [2.24, 2.45) is 57.3 Å². The van der Waals surface area contributed by atoms with Crippen molar-refractivity contribution >= 4 is 145 Å². The zero-order valence-electron chi connectivity index (χ0n) is 78.5. The second-order valence-corrected chi connectivity index (χ2v) is 36.6. The lowest BCUT2D eigenvalue weighted by molar-refractivity contribution is -0.142. The summed E-state index contributed by atoms with van der Waals surface area (Å²) in [7, 11) is 1.60. The predicted octanol–water partition coefficient (Wildman–Crippen LogP) is -6.67. The van der Waals surface area contributed by atoms with Gasteiger partial charge in [-0.15, -0.1) is 0 Å². The van der Waals surface area contributed by atoms with Gasteiger partial charge >= 0.3 is 0 Å². The van der Waals surface area contributed by atoms with Crippen LogP contribution in [0.3, 0.4) is 0 Å². The maximum Gasteiger partial charge on any atom is 0.245 e. The van der Waals surface area contributed by atoms with Crippen LogP contribution in [0.1, 0.15) is 152 Å². The normalized spacial score (nSPS) is 20.5. The van der Waals surface area contributed by atoms with Crippen molar-refractivity contribution in [1.82, 2.24) is 100 Å². The molecule has 772 valence electrons. The minimum absolute atomic E-state index is 0.00894. The van der Waals surface area contributed by atoms with Crippen molar-refractivity contribution in [1.29, 1.82) is 27.0 Å². The van der Waals surface area contributed by atoms with Gasteiger partial charge in [0.2, 0.25) is 82.7 Å². The lowest BCUT2D eigenvalue weighted by Gasteiger charge is -2.31. The molecule has 140 heavy (non-hydrogen) atoms. The van der Waals surface area contributed by atoms with E-state index in [2.05, 4.69) is 95.4 Å². The summed E-state index contributed by atoms with van der Waals surface area (Å²) in [5.74, 6) is -16.9. The molecule has 14 amide bonds. The highest BCUT2D eigenvalue weighted by Crippen LogP contribution is 2.27. The number of aromatic nitrogens is 1. The number of phenolic OH excluding ortho intramolecular Hbond substituents is 2. The molecule has 2 fully saturated rings. The van der Waals surface area contributed by atoms with E-state index >= 15 is 57.5 Å². The number of phenols is 2. The molecule has 0 bridgehead atoms. The number of aromatic hydroxyl groups is 2. The molecule has 50 nitrogen and oxygen atoms in total. The zero-order valence-corrected chi connectivity index (χ0v) is 80.1. The highest BCUT2D eigenvalue weighted by Gasteiger charge is 2.43. The van der Waals surface area contributed by atoms with Gasteiger partial charge in [0.1, 0.15) is 90.0 Å². The number of nitrogens with one attached hydrogen (secondary N) is 23. The van der Waals surface area contributed by atoms with E-state index in [4.69, 9.17) is 84.4 Å². The van der Waals surface area contributed by atoms with E-state index in [1.165, 1.54) is 53.4 Å². The number of carbonyl (C=O) groups excluding carboxylic acids is 14. The van der Waals surface area contributed by atoms with Crippen LogP contribution in [0.25, 0.3) is 10.9 Å². The van der Waals surface area contributed by atoms with Crippen molar-refractivity contribution in [2.75, 3.05) is 70.4 Å². The summed E-state index contributed by atoms with van der Waals surface area (Å²) in [4.78, 5) is 217. The molecule has 2 saturated heterocycles. The Bertz CT molecular complexity index is 4810. The monoisotopic (exact) mass is 2000 g/mol. The van der Waals surface area contributed by atoms with Crippen LogP contribution in [0, 0.1) is 27.0 Å². The topological polar surface area (TPSA) is 882 Å². The van der Waals surface area contributed by atoms with Crippen LogP contribution >= 0.6 is 21.6 Å². The number of hydrogen-bond donors (Lipinski definition) is 35. The van der Waals surface area contributed by atoms with Crippen molar-refractivity contribution in [3.63, 3.8) is 0 Å². The van der Waals surface area contributed by atoms with Crippen LogP contribution in [0.15, 0.2) is 79.0 Å². The number of para-hydroxylation sites is 1. The summed E-state index contributed by atoms with van der Waals surface area (Å²) in [5.41, 5.74) is 60.0. The quantitative estimate of drug-likeness (QED) is 0.00846. The number of primary amides is 1. The Morgan fingerprint density at radius 2 is 0.829 bits per heavy atom. The molecule has 14 atom stereocenters. The number of fused-ring (bicyclic) bond motifs is 2. The Hall–Kier alpha value is -13.7. The van der Waals surface area contributed by atoms with Gasteiger partial charge in [-0.1, -0.05) is 64.1 Å². The second kappa shape index (κ2) is 61.6. The number of amides is 14. The summed E-state index contributed by atoms with van der Waals surface area (Å²) in [6.45, 7) is 0.510. The molecule has 3 heterocycles. The number of carbonyl (C=O) groups is 14. The number of guanidine groups is 5. The van der Waals surface area contributed by atoms with Crippen LogP contribution in [0.4, 0.5) is 0 Å². The summed E-state index contributed by atoms with van der Waals surface area (Å²) < 4.78 is 0. The molecule has 0 unspecified atom stereocenters. The van der Waals surface area contributed by atoms with Crippen LogP contribution in [0.5, 0.6) is 11.5 Å². The van der Waals surface area contributed by atoms with Crippen molar-refractivity contribution in [2.45, 2.75) is 239 Å². The van der Waals surface area contributed by atoms with Crippen molar-refractivity contribution in [3.8, 4) is 11.5 Å². The first-order chi connectivity index (χ1) is 66.9. The Morgan fingerprint density at radius 1 is 0.429 bits per heavy atom. The first-order valence-corrected chi connectivity index (χ1v) is 49.2. The number of rotatable bonds is 47. The third-order valence-electron chi connectivity index (χ3n) is 23.0. The number of H-pyrrole nitrogens is 1. The van der Waals surface area contributed by atoms with Crippen LogP contribution in [-0.4, -0.2) is 288 Å². The van der Waals surface area contributed by atoms with Gasteiger partial charge in [-0.2, -0.15) is 0 Å². The van der Waals surface area contributed by atoms with E-state index in [1.54, 1.807) is 30.5 Å². The fourth-order valence-electron chi connectivity index (χ4n) is 15.4. The van der Waals surface area contributed by atoms with Gasteiger partial charge in [0.25, 0.3) is 0 Å². The summed E-state index contributed by atoms with van der Waals surface area (Å²) in [5, 5.41) is 106. The number of nitrogens with zero attached hydrogens (tertiary/aromatic N) is 1. The maximum absolute atomic E-state index is 16.0. The Morgan fingerprint density at radius 3 is 1.30 bits per heavy atom. The van der Waals surface area contributed by atoms with Crippen LogP contribution in [0.2, 0.25) is 0 Å². The van der Waals surface area contributed by atoms with Gasteiger partial charge in [0.15, 0.2) is 29.8 Å². The highest BCUT2D eigenvalue weighted by molar-refractivity contribution is 8.76. The average Bonchev–Trinajstić information content (AvgIpc) is 1.66. The number of unbranched alkanes of at least 4 members (excludes halogenated alkanes) is 3. The maximum atomic E-state index is 16.0. The molecule has 52 heteroatoms. The molecule has 6 rings (SSSR count). The number of aromatic amines is 1. The molecule has 45 N–H and O–H groups in total. The molecule has 3 aromatic carbocycles. The number of benzene rings is 3. The van der Waals surface area contributed by atoms with Gasteiger partial charge in [0, 0.05) is 87.1 Å². The predicted molar refractivity (Wildman–Crippen MR) is 530 cm³/mol. The summed E-state index contributed by atoms with van der Waals surface area (Å²) in [6.07, 6.45) is 1.70. The van der Waals surface area contributed by atoms with Gasteiger partial charge in [-0.25, -0.2) is 0 Å². The van der Waals surface area contributed by atoms with Crippen LogP contribution in [-0.2, 0) is 86.4 Å². The fourth-order valence-corrected chi connectivity index (χ4v) is 17.7. The van der Waals surface area contributed by atoms with E-state index in [0.717, 1.165) is 21.6 Å². The molecule has 2 aliphatic rings. The fraction of sp³-hybridized carbons (Fsp3) is 0.557. The Labute approximate surface area is 819 Å². The number of nitrogens with two attached hydrogens (primary N) is 10. The molecule has 0 spiro atoms. The molecule has 4 aromatic rings. The third kappa shape index (κ3) is 41.5. The zero-order chi connectivity index (χ0) is 103. The first kappa shape index (κ1) is 115. The minimum atomic E-state index is -1.86. The van der Waals surface area contributed by atoms with E-state index < -0.39 is 209 Å². The largest absolute Gasteiger partial charge is 0.508 e. The van der Waals surface area contributed by atoms with Gasteiger partial charge in [0.05, 0.1) is 6.04 Å². The van der Waals surface area contributed by atoms with Crippen LogP contribution < -0.4 is 148 Å². The molecular formula is C88H142N34O16S2. The SMILES string of the molecule is N=C(N)NCCC[C@H](NC(=O)[C@@H]1CSSC[C@H](NC(=O)[C@H](Cc2c[nH]c3ccccc23)NC(=O)[C@H](CCCNC(=N)N)NC(=O)[C@@H](N)CCCNC(=N)N)C(=O)N[C@@H](Cc2ccc(O)cc2)C(=O)N[C@@H](CCCNC(=N)N)C(=O)N[C@@H](CCCCN)C(=O)N[C@@H](CCCCN)C(=O)N2CCC[C@H]2C(=O)N[C@@H](Cc2ccc(O)cc2)C(=O)N[C@@H](CCCNC(=N)N)C(=O)N[C@@H](CCCCN)C(=O)N1)C(N)=O. The van der Waals surface area contributed by atoms with Gasteiger partial charge < -0.3 is 168 Å². The third-order valence-corrected chi connectivity index (χ3v) is 25.4. The molecular weight excluding hydrogens is 1850 g/mol. The van der Waals surface area contributed by atoms with E-state index in [9.17, 15) is 19.8 Å². The van der Waals surface area contributed by atoms with Crippen molar-refractivity contribution < 1.29 is 77.3 Å². The Kier molecular flexibility index (Phi) is 50.6. The van der Waals surface area contributed by atoms with E-state index in [1.807, 2.05) is 0 Å². The van der Waals surface area contributed by atoms with Crippen molar-refractivity contribution in [3.05, 3.63) is 95.7 Å². The molecule has 1 aromatic heterocycles. The lowest BCUT2D eigenvalue weighted by Crippen LogP contribution is -2.61. The van der Waals surface area contributed by atoms with E-state index in [-0.39, 0.29) is 211 Å². The standard InChI is InChI=1S/C88H142N34O16S2/c89-34-6-3-18-58-74(129)116-63(20-5-8-36-91)83(138)122-42-14-25-69(122)82(137)119-65(44-50-28-32-53(124)33-29-50)78(133)115-62(24-13-41-108-88(102)103)73(128)113-59(19-4-7-35-90)76(131)120-67(80(135)110-57(70(93)125)21-10-38-105-85(96)97)47-139-140-48-68(81(136)117-64(43-49-26-30-52(123)31-27-49)77(132)114-61(72(127)112-58)23-12-40-107-87(100)101)121-79(134)66(45-51-46-109-56-17-2-1-15-54(51)56)118-75(130)60(22-11-39-106-86(98)99)111-71(126)55(92)16-9-37-104-84(94)95/h1-2,15,17,26-33,46,55,57-69,109,123-124H,3-14,16,18-25,34-45,47-48,89-92H2,(H2,93,125)(H,110,135)(H,111,126)(H,112,127)(H,113,128)(H,114,132)(H,115,133)(H,116,129)(H,117,136)(H,118,130)(H,119,137)(H,120,131)(H,121,134)(H4,94,95,104)(H4,96,97,105)(H4,98,99,106)(H4,100,101,107)(H4,102,103,108)/t55-,57-,58-,59-,60-,61-,62-,63-,64-,65-,66-,67-,68-,69-/m0/s1.